The van der Waals surface area contributed by atoms with Crippen molar-refractivity contribution in [2.75, 3.05) is 37.7 Å². The Morgan fingerprint density at radius 3 is 1.84 bits per heavy atom. The van der Waals surface area contributed by atoms with Crippen LogP contribution in [-0.2, 0) is 32.0 Å². The molecule has 0 spiro atoms. The Kier molecular flexibility index (Phi) is 19.0. The number of ether oxygens (including phenoxy) is 2. The second kappa shape index (κ2) is 24.9. The molecule has 452 valence electrons. The maximum atomic E-state index is 16.1. The summed E-state index contributed by atoms with van der Waals surface area (Å²) in [5, 5.41) is 31.4. The summed E-state index contributed by atoms with van der Waals surface area (Å²) < 4.78 is 157. The number of aromatic nitrogens is 3. The van der Waals surface area contributed by atoms with Crippen molar-refractivity contribution >= 4 is 29.8 Å². The van der Waals surface area contributed by atoms with Crippen LogP contribution < -0.4 is 26.3 Å². The molecular weight excluding hydrogens is 1120 g/mol. The van der Waals surface area contributed by atoms with E-state index in [1.54, 1.807) is 11.5 Å². The molecule has 3 saturated heterocycles. The molecule has 5 heterocycles. The number of hydrogen-bond donors (Lipinski definition) is 6. The molecule has 4 amide bonds. The van der Waals surface area contributed by atoms with Crippen molar-refractivity contribution in [2.24, 2.45) is 10.8 Å². The number of amides is 4. The van der Waals surface area contributed by atoms with Crippen LogP contribution in [0.15, 0.2) is 67.0 Å². The number of alkyl halides is 8. The fraction of sp³-hybridized carbons (Fsp3) is 0.527. The Bertz CT molecular complexity index is 2990. The lowest BCUT2D eigenvalue weighted by Gasteiger charge is -2.47. The number of halogens is 10. The Hall–Kier alpha value is -7.22. The van der Waals surface area contributed by atoms with E-state index in [4.69, 9.17) is 9.47 Å². The van der Waals surface area contributed by atoms with Crippen LogP contribution in [0, 0.1) is 34.3 Å². The number of pyridine rings is 1. The van der Waals surface area contributed by atoms with Crippen LogP contribution in [0.25, 0.3) is 11.3 Å². The predicted molar refractivity (Wildman–Crippen MR) is 279 cm³/mol. The first kappa shape index (κ1) is 63.4. The fourth-order valence-electron chi connectivity index (χ4n) is 9.87. The number of fused-ring (bicyclic) bond motifs is 2. The van der Waals surface area contributed by atoms with Gasteiger partial charge in [0, 0.05) is 72.9 Å². The number of aliphatic hydroxyl groups excluding tert-OH is 1. The van der Waals surface area contributed by atoms with Gasteiger partial charge in [0.05, 0.1) is 47.9 Å². The zero-order valence-electron chi connectivity index (χ0n) is 46.1. The number of hydrogen-bond acceptors (Lipinski definition) is 12. The molecule has 7 rings (SSSR count). The zero-order valence-corrected chi connectivity index (χ0v) is 46.1. The van der Waals surface area contributed by atoms with Gasteiger partial charge in [-0.2, -0.15) is 40.2 Å². The molecule has 0 saturated carbocycles. The highest BCUT2D eigenvalue weighted by molar-refractivity contribution is 5.87. The number of rotatable bonds is 19. The van der Waals surface area contributed by atoms with Gasteiger partial charge in [-0.15, -0.1) is 0 Å². The standard InChI is InChI=1S/C55H64F10N10O8/c1-51(2,3)83-50(81)69-45(53(6,7)55(63,64)65)47(78)71-73(26-37-38(56)21-33(22-39(37)57)40-18-19-74(70-40)48(58)59)27-42(76)41(67-46(77)44(68-49(79)80)52(4,5)54(60,61)62)20-31-11-8-30(9-12-31)10-13-32-14-17-43(66-23-32)72-24-34-15-16-35(25-72)75(34)36-28-82-29-36/h8-9,11-12,14,17-19,21-23,34-36,41-42,44-45,48,68,76H,15-16,20,24-29H2,1-7H3,(H,67,77)(H,69,81)(H,71,78)(H,79,80)/t34?,35?,41-,42-,44+,45+/m0/s1. The van der Waals surface area contributed by atoms with Gasteiger partial charge in [0.25, 0.3) is 5.91 Å². The summed E-state index contributed by atoms with van der Waals surface area (Å²) in [6.45, 7) is 3.94. The Labute approximate surface area is 471 Å². The highest BCUT2D eigenvalue weighted by Crippen LogP contribution is 2.42. The third-order valence-corrected chi connectivity index (χ3v) is 14.8. The maximum absolute atomic E-state index is 16.1. The minimum atomic E-state index is -5.26. The Balaban J connectivity index is 1.19. The number of hydrazine groups is 1. The van der Waals surface area contributed by atoms with Gasteiger partial charge in [-0.3, -0.25) is 19.9 Å². The molecule has 2 aromatic heterocycles. The van der Waals surface area contributed by atoms with Crippen LogP contribution in [-0.4, -0.2) is 152 Å². The smallest absolute Gasteiger partial charge is 0.408 e. The first-order valence-electron chi connectivity index (χ1n) is 26.3. The third kappa shape index (κ3) is 15.3. The van der Waals surface area contributed by atoms with Gasteiger partial charge >= 0.3 is 31.1 Å². The van der Waals surface area contributed by atoms with Gasteiger partial charge < -0.3 is 40.5 Å². The number of alkyl carbamates (subject to hydrolysis) is 1. The summed E-state index contributed by atoms with van der Waals surface area (Å²) in [6, 6.07) is 6.27. The van der Waals surface area contributed by atoms with E-state index in [1.165, 1.54) is 45.0 Å². The molecule has 3 aliphatic heterocycles. The number of nitrogens with zero attached hydrogens (tertiary/aromatic N) is 6. The number of nitrogens with one attached hydrogen (secondary N) is 4. The zero-order chi connectivity index (χ0) is 61.1. The maximum Gasteiger partial charge on any atom is 0.408 e. The highest BCUT2D eigenvalue weighted by Gasteiger charge is 2.57. The number of carbonyl (C=O) groups excluding carboxylic acids is 3. The van der Waals surface area contributed by atoms with Gasteiger partial charge in [0.2, 0.25) is 5.91 Å². The molecule has 0 aliphatic carbocycles. The molecule has 2 unspecified atom stereocenters. The molecule has 6 N–H and O–H groups in total. The summed E-state index contributed by atoms with van der Waals surface area (Å²) in [5.74, 6) is 0.625. The topological polar surface area (TPSA) is 216 Å². The lowest BCUT2D eigenvalue weighted by molar-refractivity contribution is -0.221. The first-order chi connectivity index (χ1) is 38.6. The molecule has 28 heteroatoms. The van der Waals surface area contributed by atoms with Gasteiger partial charge in [-0.1, -0.05) is 24.0 Å². The first-order valence-corrected chi connectivity index (χ1v) is 26.3. The number of aliphatic hydroxyl groups is 1. The molecule has 4 aromatic rings. The molecular formula is C55H64F10N10O8. The largest absolute Gasteiger partial charge is 0.465 e. The average Bonchev–Trinajstić information content (AvgIpc) is 2.97. The second-order valence-corrected chi connectivity index (χ2v) is 22.8. The normalized spacial score (nSPS) is 18.6. The van der Waals surface area contributed by atoms with Gasteiger partial charge in [-0.25, -0.2) is 33.0 Å². The van der Waals surface area contributed by atoms with Crippen molar-refractivity contribution in [1.29, 1.82) is 0 Å². The van der Waals surface area contributed by atoms with Crippen LogP contribution in [0.2, 0.25) is 0 Å². The Morgan fingerprint density at radius 1 is 0.783 bits per heavy atom. The molecule has 83 heavy (non-hydrogen) atoms. The van der Waals surface area contributed by atoms with Gasteiger partial charge in [0.1, 0.15) is 35.1 Å². The third-order valence-electron chi connectivity index (χ3n) is 14.8. The van der Waals surface area contributed by atoms with E-state index < -0.39 is 120 Å². The van der Waals surface area contributed by atoms with Crippen molar-refractivity contribution in [3.63, 3.8) is 0 Å². The van der Waals surface area contributed by atoms with Crippen LogP contribution in [0.4, 0.5) is 59.3 Å². The van der Waals surface area contributed by atoms with E-state index in [0.717, 1.165) is 57.2 Å². The monoisotopic (exact) mass is 1180 g/mol. The van der Waals surface area contributed by atoms with Crippen LogP contribution in [0.3, 0.4) is 0 Å². The van der Waals surface area contributed by atoms with Crippen molar-refractivity contribution in [3.05, 3.63) is 101 Å². The van der Waals surface area contributed by atoms with E-state index in [2.05, 4.69) is 37.0 Å². The van der Waals surface area contributed by atoms with Crippen molar-refractivity contribution in [3.8, 4) is 23.1 Å². The SMILES string of the molecule is CC(C)(C)OC(=O)N[C@H](C(=O)NN(Cc1c(F)cc(-c2ccn(C(F)F)n2)cc1F)C[C@H](O)[C@H](Cc1ccc(C#Cc2ccc(N3CC4CCC(C3)N4C3COC3)nc2)cc1)NC(=O)[C@@H](NC(=O)O)C(C)(C)C(F)(F)F)C(C)(C)C(F)(F)F. The number of carboxylic acid groups (broad SMARTS) is 1. The summed E-state index contributed by atoms with van der Waals surface area (Å²) >= 11 is 0. The van der Waals surface area contributed by atoms with Crippen LogP contribution >= 0.6 is 0 Å². The molecule has 2 aromatic carbocycles. The van der Waals surface area contributed by atoms with Crippen LogP contribution in [0.1, 0.15) is 90.1 Å². The quantitative estimate of drug-likeness (QED) is 0.0302. The van der Waals surface area contributed by atoms with Crippen LogP contribution in [0.5, 0.6) is 0 Å². The minimum Gasteiger partial charge on any atom is -0.465 e. The van der Waals surface area contributed by atoms with E-state index in [0.29, 0.717) is 74.1 Å². The summed E-state index contributed by atoms with van der Waals surface area (Å²) in [4.78, 5) is 62.6. The summed E-state index contributed by atoms with van der Waals surface area (Å²) in [6.07, 6.45) is -12.1. The molecule has 3 aliphatic rings. The van der Waals surface area contributed by atoms with E-state index >= 15 is 8.78 Å². The molecule has 0 radical (unpaired) electrons. The average molecular weight is 1180 g/mol. The van der Waals surface area contributed by atoms with Crippen molar-refractivity contribution in [2.45, 2.75) is 141 Å². The molecule has 6 atom stereocenters. The second-order valence-electron chi connectivity index (χ2n) is 22.8. The lowest BCUT2D eigenvalue weighted by atomic mass is 9.82. The molecule has 18 nitrogen and oxygen atoms in total. The van der Waals surface area contributed by atoms with Gasteiger partial charge in [0.15, 0.2) is 0 Å². The minimum absolute atomic E-state index is 0.194. The highest BCUT2D eigenvalue weighted by atomic mass is 19.4. The predicted octanol–water partition coefficient (Wildman–Crippen LogP) is 7.70. The van der Waals surface area contributed by atoms with Crippen molar-refractivity contribution in [1.82, 2.24) is 46.0 Å². The summed E-state index contributed by atoms with van der Waals surface area (Å²) in [5.41, 5.74) is -5.92. The number of anilines is 1. The van der Waals surface area contributed by atoms with Crippen molar-refractivity contribution < 1.29 is 82.8 Å². The summed E-state index contributed by atoms with van der Waals surface area (Å²) in [7, 11) is 0. The Morgan fingerprint density at radius 2 is 1.35 bits per heavy atom. The molecule has 2 bridgehead atoms. The number of piperazine rings is 1. The molecule has 3 fully saturated rings. The number of benzene rings is 2. The fourth-order valence-corrected chi connectivity index (χ4v) is 9.87. The lowest BCUT2D eigenvalue weighted by Crippen LogP contribution is -2.63. The van der Waals surface area contributed by atoms with E-state index in [9.17, 15) is 64.5 Å². The van der Waals surface area contributed by atoms with E-state index in [1.807, 2.05) is 22.9 Å². The number of carbonyl (C=O) groups is 4. The van der Waals surface area contributed by atoms with Gasteiger partial charge in [-0.05, 0) is 116 Å². The van der Waals surface area contributed by atoms with E-state index in [-0.39, 0.29) is 21.5 Å².